The van der Waals surface area contributed by atoms with Gasteiger partial charge >= 0.3 is 0 Å². The minimum absolute atomic E-state index is 0.0503. The van der Waals surface area contributed by atoms with E-state index in [0.29, 0.717) is 49.7 Å². The number of rotatable bonds is 5. The van der Waals surface area contributed by atoms with E-state index >= 15 is 0 Å². The Morgan fingerprint density at radius 2 is 1.62 bits per heavy atom. The molecule has 1 amide bonds. The Labute approximate surface area is 143 Å². The summed E-state index contributed by atoms with van der Waals surface area (Å²) in [6.07, 6.45) is 0.432. The number of carbonyl (C=O) groups excluding carboxylic acids is 1. The average Bonchev–Trinajstić information content (AvgIpc) is 2.60. The Bertz CT molecular complexity index is 709. The zero-order valence-electron chi connectivity index (χ0n) is 14.5. The first-order valence-corrected chi connectivity index (χ1v) is 9.29. The van der Waals surface area contributed by atoms with Crippen molar-refractivity contribution < 1.29 is 22.7 Å². The predicted octanol–water partition coefficient (Wildman–Crippen LogP) is 1.26. The molecule has 0 atom stereocenters. The van der Waals surface area contributed by atoms with E-state index in [9.17, 15) is 13.2 Å². The summed E-state index contributed by atoms with van der Waals surface area (Å²) in [5.41, 5.74) is 0.597. The summed E-state index contributed by atoms with van der Waals surface area (Å²) < 4.78 is 37.7. The number of hydrogen-bond donors (Lipinski definition) is 0. The molecule has 0 aliphatic carbocycles. The van der Waals surface area contributed by atoms with Gasteiger partial charge in [0.1, 0.15) is 0 Å². The third-order valence-corrected chi connectivity index (χ3v) is 6.23. The van der Waals surface area contributed by atoms with Crippen LogP contribution in [0.3, 0.4) is 0 Å². The van der Waals surface area contributed by atoms with Crippen LogP contribution in [0.5, 0.6) is 11.5 Å². The summed E-state index contributed by atoms with van der Waals surface area (Å²) in [6.45, 7) is 4.95. The summed E-state index contributed by atoms with van der Waals surface area (Å²) in [5.74, 6) is 0.920. The largest absolute Gasteiger partial charge is 0.493 e. The van der Waals surface area contributed by atoms with Gasteiger partial charge in [-0.1, -0.05) is 6.92 Å². The van der Waals surface area contributed by atoms with Gasteiger partial charge in [-0.15, -0.1) is 0 Å². The highest BCUT2D eigenvalue weighted by Crippen LogP contribution is 2.33. The molecule has 0 N–H and O–H groups in total. The van der Waals surface area contributed by atoms with E-state index in [4.69, 9.17) is 9.47 Å². The number of carbonyl (C=O) groups is 1. The molecular formula is C16H24N2O5S. The number of nitrogens with zero attached hydrogens (tertiary/aromatic N) is 2. The highest BCUT2D eigenvalue weighted by atomic mass is 32.2. The second kappa shape index (κ2) is 7.40. The summed E-state index contributed by atoms with van der Waals surface area (Å²) >= 11 is 0. The monoisotopic (exact) mass is 356 g/mol. The lowest BCUT2D eigenvalue weighted by Crippen LogP contribution is -2.50. The van der Waals surface area contributed by atoms with Gasteiger partial charge < -0.3 is 14.4 Å². The van der Waals surface area contributed by atoms with Crippen molar-refractivity contribution in [1.82, 2.24) is 9.21 Å². The number of piperazine rings is 1. The molecule has 1 aromatic rings. The van der Waals surface area contributed by atoms with E-state index in [1.54, 1.807) is 24.8 Å². The van der Waals surface area contributed by atoms with Gasteiger partial charge in [0.05, 0.1) is 19.1 Å². The molecule has 24 heavy (non-hydrogen) atoms. The van der Waals surface area contributed by atoms with Gasteiger partial charge in [-0.25, -0.2) is 8.42 Å². The van der Waals surface area contributed by atoms with E-state index < -0.39 is 10.0 Å². The first-order chi connectivity index (χ1) is 11.3. The summed E-state index contributed by atoms with van der Waals surface area (Å²) in [5, 5.41) is 0. The number of aryl methyl sites for hydroxylation is 1. The lowest BCUT2D eigenvalue weighted by atomic mass is 10.2. The van der Waals surface area contributed by atoms with Crippen LogP contribution in [0.15, 0.2) is 17.0 Å². The molecule has 2 rings (SSSR count). The molecule has 1 fully saturated rings. The molecule has 0 bridgehead atoms. The van der Waals surface area contributed by atoms with Crippen molar-refractivity contribution in [3.8, 4) is 11.5 Å². The average molecular weight is 356 g/mol. The van der Waals surface area contributed by atoms with Gasteiger partial charge in [-0.2, -0.15) is 4.31 Å². The SMILES string of the molecule is CCC(=O)N1CCN(S(=O)(=O)c2cc(OC)c(OC)cc2C)CC1. The van der Waals surface area contributed by atoms with E-state index in [1.165, 1.54) is 24.6 Å². The predicted molar refractivity (Wildman–Crippen MR) is 89.9 cm³/mol. The van der Waals surface area contributed by atoms with E-state index in [0.717, 1.165) is 0 Å². The maximum atomic E-state index is 12.9. The zero-order chi connectivity index (χ0) is 17.9. The molecule has 1 saturated heterocycles. The van der Waals surface area contributed by atoms with Crippen molar-refractivity contribution in [2.45, 2.75) is 25.2 Å². The van der Waals surface area contributed by atoms with Gasteiger partial charge in [0, 0.05) is 38.7 Å². The van der Waals surface area contributed by atoms with Crippen LogP contribution < -0.4 is 9.47 Å². The zero-order valence-corrected chi connectivity index (χ0v) is 15.4. The number of benzene rings is 1. The van der Waals surface area contributed by atoms with Gasteiger partial charge in [-0.3, -0.25) is 4.79 Å². The molecule has 0 unspecified atom stereocenters. The van der Waals surface area contributed by atoms with Gasteiger partial charge in [0.15, 0.2) is 11.5 Å². The summed E-state index contributed by atoms with van der Waals surface area (Å²) in [4.78, 5) is 13.6. The highest BCUT2D eigenvalue weighted by Gasteiger charge is 2.31. The van der Waals surface area contributed by atoms with E-state index in [2.05, 4.69) is 0 Å². The summed E-state index contributed by atoms with van der Waals surface area (Å²) in [6, 6.07) is 3.15. The Balaban J connectivity index is 2.27. The normalized spacial score (nSPS) is 16.1. The first-order valence-electron chi connectivity index (χ1n) is 7.85. The standard InChI is InChI=1S/C16H24N2O5S/c1-5-16(19)17-6-8-18(9-7-17)24(20,21)15-11-14(23-4)13(22-3)10-12(15)2/h10-11H,5-9H2,1-4H3. The van der Waals surface area contributed by atoms with Crippen LogP contribution in [0.25, 0.3) is 0 Å². The molecule has 1 aliphatic heterocycles. The molecule has 1 aromatic carbocycles. The smallest absolute Gasteiger partial charge is 0.243 e. The molecule has 8 heteroatoms. The summed E-state index contributed by atoms with van der Waals surface area (Å²) in [7, 11) is -0.666. The maximum absolute atomic E-state index is 12.9. The molecule has 1 aliphatic rings. The van der Waals surface area contributed by atoms with Crippen molar-refractivity contribution in [2.24, 2.45) is 0 Å². The van der Waals surface area contributed by atoms with Crippen LogP contribution in [-0.4, -0.2) is 63.9 Å². The Morgan fingerprint density at radius 1 is 1.08 bits per heavy atom. The van der Waals surface area contributed by atoms with Crippen molar-refractivity contribution in [3.05, 3.63) is 17.7 Å². The van der Waals surface area contributed by atoms with Crippen LogP contribution in [0, 0.1) is 6.92 Å². The lowest BCUT2D eigenvalue weighted by Gasteiger charge is -2.34. The maximum Gasteiger partial charge on any atom is 0.243 e. The van der Waals surface area contributed by atoms with Crippen molar-refractivity contribution in [3.63, 3.8) is 0 Å². The fourth-order valence-electron chi connectivity index (χ4n) is 2.78. The lowest BCUT2D eigenvalue weighted by molar-refractivity contribution is -0.132. The second-order valence-corrected chi connectivity index (χ2v) is 7.52. The van der Waals surface area contributed by atoms with Gasteiger partial charge in [0.2, 0.25) is 15.9 Å². The van der Waals surface area contributed by atoms with Crippen LogP contribution in [-0.2, 0) is 14.8 Å². The Morgan fingerprint density at radius 3 is 2.12 bits per heavy atom. The number of methoxy groups -OCH3 is 2. The third kappa shape index (κ3) is 3.49. The number of ether oxygens (including phenoxy) is 2. The molecule has 0 saturated carbocycles. The molecule has 0 aromatic heterocycles. The van der Waals surface area contributed by atoms with Crippen molar-refractivity contribution >= 4 is 15.9 Å². The topological polar surface area (TPSA) is 76.2 Å². The van der Waals surface area contributed by atoms with Crippen LogP contribution in [0.1, 0.15) is 18.9 Å². The molecule has 0 radical (unpaired) electrons. The third-order valence-electron chi connectivity index (χ3n) is 4.19. The molecular weight excluding hydrogens is 332 g/mol. The molecule has 134 valence electrons. The Hall–Kier alpha value is -1.80. The van der Waals surface area contributed by atoms with Crippen molar-refractivity contribution in [1.29, 1.82) is 0 Å². The molecule has 0 spiro atoms. The van der Waals surface area contributed by atoms with Crippen LogP contribution in [0.2, 0.25) is 0 Å². The van der Waals surface area contributed by atoms with Crippen molar-refractivity contribution in [2.75, 3.05) is 40.4 Å². The van der Waals surface area contributed by atoms with E-state index in [-0.39, 0.29) is 10.8 Å². The Kier molecular flexibility index (Phi) is 5.71. The number of amides is 1. The highest BCUT2D eigenvalue weighted by molar-refractivity contribution is 7.89. The second-order valence-electron chi connectivity index (χ2n) is 5.61. The van der Waals surface area contributed by atoms with Gasteiger partial charge in [0.25, 0.3) is 0 Å². The van der Waals surface area contributed by atoms with Crippen LogP contribution in [0.4, 0.5) is 0 Å². The van der Waals surface area contributed by atoms with E-state index in [1.807, 2.05) is 0 Å². The molecule has 1 heterocycles. The van der Waals surface area contributed by atoms with Gasteiger partial charge in [-0.05, 0) is 18.6 Å². The minimum Gasteiger partial charge on any atom is -0.493 e. The minimum atomic E-state index is -3.65. The first kappa shape index (κ1) is 18.5. The van der Waals surface area contributed by atoms with Crippen LogP contribution >= 0.6 is 0 Å². The quantitative estimate of drug-likeness (QED) is 0.794. The molecule has 7 nitrogen and oxygen atoms in total. The fourth-order valence-corrected chi connectivity index (χ4v) is 4.42. The fraction of sp³-hybridized carbons (Fsp3) is 0.562. The number of sulfonamides is 1. The number of hydrogen-bond acceptors (Lipinski definition) is 5.